The SMILES string of the molecule is Cc1ccc(C(C)(C)C(Cc2cc(Oc3ccccc3)ccc2Br)OC(Cc2cc(Oc3ccccc3)ccc2Br)C(C)(C)c2ccc(C)cc2)cc1. The van der Waals surface area contributed by atoms with Crippen LogP contribution in [0.1, 0.15) is 61.1 Å². The summed E-state index contributed by atoms with van der Waals surface area (Å²) in [5, 5.41) is 0. The minimum atomic E-state index is -0.361. The summed E-state index contributed by atoms with van der Waals surface area (Å²) in [6.45, 7) is 13.5. The summed E-state index contributed by atoms with van der Waals surface area (Å²) in [6.07, 6.45) is 0.884. The van der Waals surface area contributed by atoms with Crippen molar-refractivity contribution in [1.29, 1.82) is 0 Å². The van der Waals surface area contributed by atoms with E-state index >= 15 is 0 Å². The summed E-state index contributed by atoms with van der Waals surface area (Å²) < 4.78 is 22.3. The lowest BCUT2D eigenvalue weighted by molar-refractivity contribution is -0.0754. The smallest absolute Gasteiger partial charge is 0.127 e. The molecule has 0 bridgehead atoms. The molecule has 0 saturated heterocycles. The van der Waals surface area contributed by atoms with Gasteiger partial charge in [-0.2, -0.15) is 0 Å². The molecule has 6 aromatic carbocycles. The summed E-state index contributed by atoms with van der Waals surface area (Å²) >= 11 is 7.79. The molecule has 2 atom stereocenters. The van der Waals surface area contributed by atoms with Crippen LogP contribution in [-0.2, 0) is 28.4 Å². The van der Waals surface area contributed by atoms with Gasteiger partial charge in [0, 0.05) is 32.6 Å². The Morgan fingerprint density at radius 2 is 0.811 bits per heavy atom. The highest BCUT2D eigenvalue weighted by molar-refractivity contribution is 9.10. The Kier molecular flexibility index (Phi) is 12.3. The molecule has 0 aliphatic carbocycles. The summed E-state index contributed by atoms with van der Waals surface area (Å²) in [5.41, 5.74) is 6.44. The van der Waals surface area contributed by atoms with E-state index in [1.807, 2.05) is 72.8 Å². The van der Waals surface area contributed by atoms with Gasteiger partial charge in [0.25, 0.3) is 0 Å². The zero-order valence-corrected chi connectivity index (χ0v) is 34.6. The number of halogens is 2. The van der Waals surface area contributed by atoms with Crippen LogP contribution in [0.4, 0.5) is 0 Å². The number of ether oxygens (including phenoxy) is 3. The van der Waals surface area contributed by atoms with E-state index in [0.29, 0.717) is 12.8 Å². The lowest BCUT2D eigenvalue weighted by Crippen LogP contribution is -2.46. The molecule has 53 heavy (non-hydrogen) atoms. The van der Waals surface area contributed by atoms with Crippen LogP contribution in [0.2, 0.25) is 0 Å². The maximum Gasteiger partial charge on any atom is 0.127 e. The third-order valence-electron chi connectivity index (χ3n) is 10.3. The third kappa shape index (κ3) is 9.69. The fraction of sp³-hybridized carbons (Fsp3) is 0.250. The van der Waals surface area contributed by atoms with Crippen molar-refractivity contribution in [2.45, 2.75) is 77.4 Å². The molecule has 0 aliphatic rings. The Labute approximate surface area is 332 Å². The maximum atomic E-state index is 7.66. The molecule has 0 aromatic heterocycles. The second kappa shape index (κ2) is 16.9. The van der Waals surface area contributed by atoms with Gasteiger partial charge in [0.15, 0.2) is 0 Å². The molecule has 0 N–H and O–H groups in total. The van der Waals surface area contributed by atoms with E-state index in [0.717, 1.165) is 43.1 Å². The van der Waals surface area contributed by atoms with Gasteiger partial charge in [-0.15, -0.1) is 0 Å². The molecular weight excluding hydrogens is 784 g/mol. The van der Waals surface area contributed by atoms with Crippen molar-refractivity contribution in [1.82, 2.24) is 0 Å². The van der Waals surface area contributed by atoms with Crippen LogP contribution in [0.15, 0.2) is 155 Å². The van der Waals surface area contributed by atoms with Crippen molar-refractivity contribution in [2.24, 2.45) is 0 Å². The molecular formula is C48H48Br2O3. The Bertz CT molecular complexity index is 1940. The van der Waals surface area contributed by atoms with Crippen LogP contribution in [0.5, 0.6) is 23.0 Å². The van der Waals surface area contributed by atoms with Crippen molar-refractivity contribution < 1.29 is 14.2 Å². The highest BCUT2D eigenvalue weighted by Gasteiger charge is 2.40. The van der Waals surface area contributed by atoms with E-state index in [1.165, 1.54) is 22.3 Å². The first-order valence-corrected chi connectivity index (χ1v) is 19.8. The summed E-state index contributed by atoms with van der Waals surface area (Å²) in [7, 11) is 0. The van der Waals surface area contributed by atoms with Gasteiger partial charge in [0.2, 0.25) is 0 Å². The summed E-state index contributed by atoms with van der Waals surface area (Å²) in [4.78, 5) is 0. The molecule has 2 unspecified atom stereocenters. The fourth-order valence-electron chi connectivity index (χ4n) is 6.67. The number of rotatable bonds is 14. The fourth-order valence-corrected chi connectivity index (χ4v) is 7.49. The Balaban J connectivity index is 1.41. The first-order valence-electron chi connectivity index (χ1n) is 18.2. The predicted octanol–water partition coefficient (Wildman–Crippen LogP) is 13.9. The molecule has 0 amide bonds. The van der Waals surface area contributed by atoms with E-state index in [4.69, 9.17) is 14.2 Å². The van der Waals surface area contributed by atoms with Gasteiger partial charge in [-0.25, -0.2) is 0 Å². The molecule has 6 aromatic rings. The predicted molar refractivity (Wildman–Crippen MR) is 226 cm³/mol. The van der Waals surface area contributed by atoms with Crippen LogP contribution >= 0.6 is 31.9 Å². The molecule has 0 aliphatic heterocycles. The highest BCUT2D eigenvalue weighted by Crippen LogP contribution is 2.40. The van der Waals surface area contributed by atoms with Crippen LogP contribution in [0, 0.1) is 13.8 Å². The van der Waals surface area contributed by atoms with Gasteiger partial charge in [-0.05, 0) is 96.8 Å². The largest absolute Gasteiger partial charge is 0.457 e. The van der Waals surface area contributed by atoms with Crippen LogP contribution in [0.25, 0.3) is 0 Å². The zero-order chi connectivity index (χ0) is 37.6. The van der Waals surface area contributed by atoms with Gasteiger partial charge in [0.1, 0.15) is 23.0 Å². The van der Waals surface area contributed by atoms with Gasteiger partial charge in [-0.3, -0.25) is 0 Å². The first kappa shape index (κ1) is 38.6. The Morgan fingerprint density at radius 3 is 1.17 bits per heavy atom. The van der Waals surface area contributed by atoms with Crippen molar-refractivity contribution in [3.8, 4) is 23.0 Å². The van der Waals surface area contributed by atoms with Crippen LogP contribution in [0.3, 0.4) is 0 Å². The van der Waals surface area contributed by atoms with Crippen molar-refractivity contribution in [2.75, 3.05) is 0 Å². The minimum absolute atomic E-state index is 0.217. The van der Waals surface area contributed by atoms with E-state index in [2.05, 4.69) is 146 Å². The first-order chi connectivity index (χ1) is 25.4. The minimum Gasteiger partial charge on any atom is -0.457 e. The van der Waals surface area contributed by atoms with E-state index in [-0.39, 0.29) is 23.0 Å². The average Bonchev–Trinajstić information content (AvgIpc) is 3.14. The number of para-hydroxylation sites is 2. The summed E-state index contributed by atoms with van der Waals surface area (Å²) in [6, 6.07) is 50.1. The number of hydrogen-bond acceptors (Lipinski definition) is 3. The Hall–Kier alpha value is -4.16. The van der Waals surface area contributed by atoms with E-state index in [1.54, 1.807) is 0 Å². The second-order valence-electron chi connectivity index (χ2n) is 15.0. The zero-order valence-electron chi connectivity index (χ0n) is 31.4. The molecule has 0 fully saturated rings. The van der Waals surface area contributed by atoms with Crippen LogP contribution < -0.4 is 9.47 Å². The van der Waals surface area contributed by atoms with Crippen molar-refractivity contribution >= 4 is 31.9 Å². The molecule has 6 rings (SSSR count). The molecule has 5 heteroatoms. The number of hydrogen-bond donors (Lipinski definition) is 0. The number of benzene rings is 6. The van der Waals surface area contributed by atoms with Gasteiger partial charge in [0.05, 0.1) is 12.2 Å². The number of aryl methyl sites for hydroxylation is 2. The molecule has 3 nitrogen and oxygen atoms in total. The standard InChI is InChI=1S/C48H48Br2O3/c1-33-17-21-37(22-18-33)47(3,4)45(31-35-29-41(25-27-43(35)49)51-39-13-9-7-10-14-39)53-46(48(5,6)38-23-19-34(2)20-24-38)32-36-30-42(26-28-44(36)50)52-40-15-11-8-12-16-40/h7-30,45-46H,31-32H2,1-6H3. The molecule has 0 spiro atoms. The van der Waals surface area contributed by atoms with Gasteiger partial charge in [-0.1, -0.05) is 156 Å². The van der Waals surface area contributed by atoms with Crippen LogP contribution in [-0.4, -0.2) is 12.2 Å². The monoisotopic (exact) mass is 830 g/mol. The lowest BCUT2D eigenvalue weighted by Gasteiger charge is -2.43. The quantitative estimate of drug-likeness (QED) is 0.109. The van der Waals surface area contributed by atoms with Crippen molar-refractivity contribution in [3.63, 3.8) is 0 Å². The van der Waals surface area contributed by atoms with Gasteiger partial charge < -0.3 is 14.2 Å². The highest BCUT2D eigenvalue weighted by atomic mass is 79.9. The average molecular weight is 833 g/mol. The second-order valence-corrected chi connectivity index (χ2v) is 16.7. The normalized spacial score (nSPS) is 13.0. The van der Waals surface area contributed by atoms with E-state index < -0.39 is 0 Å². The third-order valence-corrected chi connectivity index (χ3v) is 11.9. The van der Waals surface area contributed by atoms with Gasteiger partial charge >= 0.3 is 0 Å². The molecule has 0 heterocycles. The summed E-state index contributed by atoms with van der Waals surface area (Å²) in [5.74, 6) is 3.18. The van der Waals surface area contributed by atoms with E-state index in [9.17, 15) is 0 Å². The molecule has 272 valence electrons. The molecule has 0 radical (unpaired) electrons. The van der Waals surface area contributed by atoms with Crippen molar-refractivity contribution in [3.05, 3.63) is 188 Å². The maximum absolute atomic E-state index is 7.66. The Morgan fingerprint density at radius 1 is 0.453 bits per heavy atom. The molecule has 0 saturated carbocycles. The topological polar surface area (TPSA) is 27.7 Å². The lowest BCUT2D eigenvalue weighted by atomic mass is 9.74.